The standard InChI is InChI=1S/C14H18F2/c1-10(2)12-5-3-4-6-13(12)11-7-8-14(15,16)9-11/h3-6,10-11H,7-9H2,1-2H3. The lowest BCUT2D eigenvalue weighted by atomic mass is 9.88. The zero-order valence-corrected chi connectivity index (χ0v) is 9.84. The summed E-state index contributed by atoms with van der Waals surface area (Å²) >= 11 is 0. The summed E-state index contributed by atoms with van der Waals surface area (Å²) in [5.74, 6) is -1.99. The van der Waals surface area contributed by atoms with Gasteiger partial charge in [-0.15, -0.1) is 0 Å². The normalized spacial score (nSPS) is 23.9. The second-order valence-corrected chi connectivity index (χ2v) is 5.08. The third kappa shape index (κ3) is 2.26. The molecule has 1 aromatic carbocycles. The van der Waals surface area contributed by atoms with Crippen LogP contribution in [-0.2, 0) is 0 Å². The lowest BCUT2D eigenvalue weighted by Gasteiger charge is -2.18. The molecule has 1 aromatic rings. The SMILES string of the molecule is CC(C)c1ccccc1C1CCC(F)(F)C1. The average molecular weight is 224 g/mol. The minimum atomic E-state index is -2.45. The molecule has 1 unspecified atom stereocenters. The van der Waals surface area contributed by atoms with Crippen LogP contribution >= 0.6 is 0 Å². The van der Waals surface area contributed by atoms with Crippen LogP contribution in [0.2, 0.25) is 0 Å². The maximum absolute atomic E-state index is 13.2. The first kappa shape index (κ1) is 11.6. The second-order valence-electron chi connectivity index (χ2n) is 5.08. The highest BCUT2D eigenvalue weighted by molar-refractivity contribution is 5.33. The van der Waals surface area contributed by atoms with E-state index in [0.717, 1.165) is 5.56 Å². The molecule has 0 saturated heterocycles. The minimum Gasteiger partial charge on any atom is -0.207 e. The molecule has 0 aliphatic heterocycles. The zero-order valence-electron chi connectivity index (χ0n) is 9.84. The Morgan fingerprint density at radius 1 is 1.25 bits per heavy atom. The molecule has 0 spiro atoms. The van der Waals surface area contributed by atoms with Crippen LogP contribution in [0.4, 0.5) is 8.78 Å². The van der Waals surface area contributed by atoms with Gasteiger partial charge in [0.15, 0.2) is 0 Å². The van der Waals surface area contributed by atoms with Crippen molar-refractivity contribution < 1.29 is 8.78 Å². The van der Waals surface area contributed by atoms with E-state index in [2.05, 4.69) is 19.9 Å². The Balaban J connectivity index is 2.28. The molecule has 0 aromatic heterocycles. The Hall–Kier alpha value is -0.920. The van der Waals surface area contributed by atoms with Crippen molar-refractivity contribution in [1.29, 1.82) is 0 Å². The van der Waals surface area contributed by atoms with Gasteiger partial charge in [-0.05, 0) is 29.4 Å². The van der Waals surface area contributed by atoms with E-state index in [-0.39, 0.29) is 18.8 Å². The van der Waals surface area contributed by atoms with Crippen LogP contribution < -0.4 is 0 Å². The van der Waals surface area contributed by atoms with Gasteiger partial charge >= 0.3 is 0 Å². The fraction of sp³-hybridized carbons (Fsp3) is 0.571. The third-order valence-corrected chi connectivity index (χ3v) is 3.46. The highest BCUT2D eigenvalue weighted by atomic mass is 19.3. The Bertz CT molecular complexity index is 369. The van der Waals surface area contributed by atoms with Gasteiger partial charge < -0.3 is 0 Å². The molecule has 1 atom stereocenters. The smallest absolute Gasteiger partial charge is 0.207 e. The molecule has 1 aliphatic carbocycles. The molecular formula is C14H18F2. The first-order valence-corrected chi connectivity index (χ1v) is 5.96. The molecule has 0 radical (unpaired) electrons. The topological polar surface area (TPSA) is 0 Å². The van der Waals surface area contributed by atoms with E-state index in [0.29, 0.717) is 12.3 Å². The van der Waals surface area contributed by atoms with E-state index >= 15 is 0 Å². The average Bonchev–Trinajstić information content (AvgIpc) is 2.59. The first-order valence-electron chi connectivity index (χ1n) is 5.96. The molecule has 2 heteroatoms. The maximum atomic E-state index is 13.2. The zero-order chi connectivity index (χ0) is 11.8. The molecule has 0 heterocycles. The van der Waals surface area contributed by atoms with Gasteiger partial charge in [0.05, 0.1) is 0 Å². The summed E-state index contributed by atoms with van der Waals surface area (Å²) in [5.41, 5.74) is 2.36. The Morgan fingerprint density at radius 3 is 2.50 bits per heavy atom. The van der Waals surface area contributed by atoms with Gasteiger partial charge in [-0.1, -0.05) is 38.1 Å². The van der Waals surface area contributed by atoms with E-state index in [1.165, 1.54) is 5.56 Å². The van der Waals surface area contributed by atoms with Crippen LogP contribution in [-0.4, -0.2) is 5.92 Å². The van der Waals surface area contributed by atoms with Crippen LogP contribution in [0.1, 0.15) is 56.1 Å². The number of rotatable bonds is 2. The molecular weight excluding hydrogens is 206 g/mol. The number of halogens is 2. The maximum Gasteiger partial charge on any atom is 0.248 e. The summed E-state index contributed by atoms with van der Waals surface area (Å²) in [4.78, 5) is 0. The summed E-state index contributed by atoms with van der Waals surface area (Å²) in [6, 6.07) is 8.03. The molecule has 0 nitrogen and oxygen atoms in total. The van der Waals surface area contributed by atoms with E-state index < -0.39 is 5.92 Å². The molecule has 16 heavy (non-hydrogen) atoms. The highest BCUT2D eigenvalue weighted by Gasteiger charge is 2.40. The minimum absolute atomic E-state index is 0.0245. The summed E-state index contributed by atoms with van der Waals surface area (Å²) in [6.45, 7) is 4.23. The second kappa shape index (κ2) is 4.15. The van der Waals surface area contributed by atoms with E-state index in [1.54, 1.807) is 0 Å². The lowest BCUT2D eigenvalue weighted by molar-refractivity contribution is 0.00774. The predicted molar refractivity (Wildman–Crippen MR) is 62.1 cm³/mol. The molecule has 1 saturated carbocycles. The lowest BCUT2D eigenvalue weighted by Crippen LogP contribution is -2.10. The summed E-state index contributed by atoms with van der Waals surface area (Å²) in [7, 11) is 0. The van der Waals surface area contributed by atoms with Crippen LogP contribution in [0.15, 0.2) is 24.3 Å². The van der Waals surface area contributed by atoms with Gasteiger partial charge in [0.1, 0.15) is 0 Å². The predicted octanol–water partition coefficient (Wildman–Crippen LogP) is 4.71. The van der Waals surface area contributed by atoms with Crippen LogP contribution in [0, 0.1) is 0 Å². The fourth-order valence-electron chi connectivity index (χ4n) is 2.62. The molecule has 0 N–H and O–H groups in total. The van der Waals surface area contributed by atoms with Crippen LogP contribution in [0.25, 0.3) is 0 Å². The van der Waals surface area contributed by atoms with Crippen molar-refractivity contribution in [3.05, 3.63) is 35.4 Å². The summed E-state index contributed by atoms with van der Waals surface area (Å²) in [5, 5.41) is 0. The van der Waals surface area contributed by atoms with Crippen LogP contribution in [0.5, 0.6) is 0 Å². The van der Waals surface area contributed by atoms with Gasteiger partial charge in [0, 0.05) is 12.8 Å². The van der Waals surface area contributed by atoms with Gasteiger partial charge in [0.2, 0.25) is 5.92 Å². The number of hydrogen-bond donors (Lipinski definition) is 0. The van der Waals surface area contributed by atoms with Crippen LogP contribution in [0.3, 0.4) is 0 Å². The van der Waals surface area contributed by atoms with Crippen molar-refractivity contribution in [3.63, 3.8) is 0 Å². The Morgan fingerprint density at radius 2 is 1.94 bits per heavy atom. The quantitative estimate of drug-likeness (QED) is 0.682. The number of alkyl halides is 2. The fourth-order valence-corrected chi connectivity index (χ4v) is 2.62. The third-order valence-electron chi connectivity index (χ3n) is 3.46. The number of hydrogen-bond acceptors (Lipinski definition) is 0. The Labute approximate surface area is 95.7 Å². The van der Waals surface area contributed by atoms with Crippen molar-refractivity contribution in [3.8, 4) is 0 Å². The van der Waals surface area contributed by atoms with Gasteiger partial charge in [0.25, 0.3) is 0 Å². The first-order chi connectivity index (χ1) is 7.49. The number of benzene rings is 1. The monoisotopic (exact) mass is 224 g/mol. The van der Waals surface area contributed by atoms with Crippen molar-refractivity contribution in [2.24, 2.45) is 0 Å². The summed E-state index contributed by atoms with van der Waals surface area (Å²) in [6.07, 6.45) is 0.692. The molecule has 2 rings (SSSR count). The van der Waals surface area contributed by atoms with Crippen molar-refractivity contribution >= 4 is 0 Å². The van der Waals surface area contributed by atoms with Gasteiger partial charge in [-0.25, -0.2) is 8.78 Å². The molecule has 0 bridgehead atoms. The van der Waals surface area contributed by atoms with Gasteiger partial charge in [-0.2, -0.15) is 0 Å². The van der Waals surface area contributed by atoms with E-state index in [4.69, 9.17) is 0 Å². The van der Waals surface area contributed by atoms with Crippen molar-refractivity contribution in [2.75, 3.05) is 0 Å². The Kier molecular flexibility index (Phi) is 3.00. The molecule has 1 fully saturated rings. The van der Waals surface area contributed by atoms with Crippen molar-refractivity contribution in [2.45, 2.75) is 50.9 Å². The molecule has 88 valence electrons. The largest absolute Gasteiger partial charge is 0.248 e. The summed E-state index contributed by atoms with van der Waals surface area (Å²) < 4.78 is 26.4. The van der Waals surface area contributed by atoms with E-state index in [1.807, 2.05) is 18.2 Å². The van der Waals surface area contributed by atoms with Gasteiger partial charge in [-0.3, -0.25) is 0 Å². The molecule has 0 amide bonds. The molecule has 1 aliphatic rings. The highest BCUT2D eigenvalue weighted by Crippen LogP contribution is 2.45. The van der Waals surface area contributed by atoms with Crippen molar-refractivity contribution in [1.82, 2.24) is 0 Å². The van der Waals surface area contributed by atoms with E-state index in [9.17, 15) is 8.78 Å².